The molecule has 2 heterocycles. The smallest absolute Gasteiger partial charge is 0.238 e. The minimum Gasteiger partial charge on any atom is -0.265 e. The van der Waals surface area contributed by atoms with Crippen LogP contribution in [0.2, 0.25) is 0 Å². The van der Waals surface area contributed by atoms with Gasteiger partial charge in [-0.1, -0.05) is 23.5 Å². The Morgan fingerprint density at radius 2 is 2.05 bits per heavy atom. The van der Waals surface area contributed by atoms with Crippen molar-refractivity contribution in [2.24, 2.45) is 0 Å². The Morgan fingerprint density at radius 3 is 2.68 bits per heavy atom. The fourth-order valence-electron chi connectivity index (χ4n) is 1.37. The number of anilines is 1. The molecule has 2 rings (SSSR count). The normalized spacial score (nSPS) is 11.2. The molecule has 0 fully saturated rings. The van der Waals surface area contributed by atoms with Gasteiger partial charge in [0.2, 0.25) is 15.2 Å². The maximum absolute atomic E-state index is 11.7. The van der Waals surface area contributed by atoms with E-state index in [0.717, 1.165) is 5.56 Å². The van der Waals surface area contributed by atoms with Crippen molar-refractivity contribution in [2.45, 2.75) is 6.92 Å². The molecule has 0 unspecified atom stereocenters. The van der Waals surface area contributed by atoms with Crippen molar-refractivity contribution < 1.29 is 8.42 Å². The molecular weight excluding hydrogens is 284 g/mol. The lowest BCUT2D eigenvalue weighted by molar-refractivity contribution is 0.603. The molecule has 0 aliphatic carbocycles. The van der Waals surface area contributed by atoms with Crippen LogP contribution in [0.1, 0.15) is 6.92 Å². The number of nitrogens with one attached hydrogen (secondary N) is 1. The summed E-state index contributed by atoms with van der Waals surface area (Å²) in [5.41, 5.74) is 1.41. The maximum Gasteiger partial charge on any atom is 0.238 e. The van der Waals surface area contributed by atoms with Gasteiger partial charge in [0.05, 0.1) is 5.75 Å². The van der Waals surface area contributed by atoms with E-state index in [1.807, 2.05) is 0 Å². The first-order valence-corrected chi connectivity index (χ1v) is 7.82. The van der Waals surface area contributed by atoms with E-state index in [2.05, 4.69) is 26.5 Å². The van der Waals surface area contributed by atoms with E-state index in [4.69, 9.17) is 0 Å². The maximum atomic E-state index is 11.7. The van der Waals surface area contributed by atoms with Gasteiger partial charge in [0.1, 0.15) is 5.01 Å². The van der Waals surface area contributed by atoms with Crippen molar-refractivity contribution >= 4 is 26.5 Å². The average molecular weight is 296 g/mol. The Morgan fingerprint density at radius 1 is 1.37 bits per heavy atom. The van der Waals surface area contributed by atoms with E-state index in [-0.39, 0.29) is 10.9 Å². The minimum atomic E-state index is -3.46. The molecule has 0 amide bonds. The summed E-state index contributed by atoms with van der Waals surface area (Å²) >= 11 is 1.17. The summed E-state index contributed by atoms with van der Waals surface area (Å²) < 4.78 is 25.8. The van der Waals surface area contributed by atoms with Gasteiger partial charge in [-0.3, -0.25) is 9.71 Å². The SMILES string of the molecule is C=C(C)CS(=O)(=O)Nc1nnc(-c2ccncc2)s1. The topological polar surface area (TPSA) is 84.8 Å². The lowest BCUT2D eigenvalue weighted by Crippen LogP contribution is -2.16. The number of hydrogen-bond acceptors (Lipinski definition) is 6. The van der Waals surface area contributed by atoms with Crippen LogP contribution in [-0.4, -0.2) is 29.4 Å². The Kier molecular flexibility index (Phi) is 3.91. The van der Waals surface area contributed by atoms with Crippen molar-refractivity contribution in [1.29, 1.82) is 0 Å². The quantitative estimate of drug-likeness (QED) is 0.852. The highest BCUT2D eigenvalue weighted by atomic mass is 32.2. The molecule has 19 heavy (non-hydrogen) atoms. The summed E-state index contributed by atoms with van der Waals surface area (Å²) in [7, 11) is -3.46. The number of sulfonamides is 1. The van der Waals surface area contributed by atoms with Crippen molar-refractivity contribution in [1.82, 2.24) is 15.2 Å². The van der Waals surface area contributed by atoms with Gasteiger partial charge in [0.15, 0.2) is 0 Å². The summed E-state index contributed by atoms with van der Waals surface area (Å²) in [4.78, 5) is 3.91. The number of pyridine rings is 1. The molecule has 0 spiro atoms. The predicted molar refractivity (Wildman–Crippen MR) is 75.4 cm³/mol. The third-order valence-electron chi connectivity index (χ3n) is 2.03. The summed E-state index contributed by atoms with van der Waals surface area (Å²) in [6.45, 7) is 5.23. The number of nitrogens with zero attached hydrogens (tertiary/aromatic N) is 3. The second kappa shape index (κ2) is 5.45. The van der Waals surface area contributed by atoms with Gasteiger partial charge in [0.25, 0.3) is 0 Å². The van der Waals surface area contributed by atoms with E-state index in [1.54, 1.807) is 31.5 Å². The first kappa shape index (κ1) is 13.6. The van der Waals surface area contributed by atoms with Crippen molar-refractivity contribution in [3.63, 3.8) is 0 Å². The van der Waals surface area contributed by atoms with Crippen molar-refractivity contribution in [2.75, 3.05) is 10.5 Å². The molecule has 0 bridgehead atoms. The van der Waals surface area contributed by atoms with Gasteiger partial charge < -0.3 is 0 Å². The minimum absolute atomic E-state index is 0.128. The monoisotopic (exact) mass is 296 g/mol. The highest BCUT2D eigenvalue weighted by Gasteiger charge is 2.14. The lowest BCUT2D eigenvalue weighted by atomic mass is 10.3. The molecule has 8 heteroatoms. The molecule has 0 aromatic carbocycles. The second-order valence-electron chi connectivity index (χ2n) is 3.97. The molecule has 0 saturated carbocycles. The highest BCUT2D eigenvalue weighted by Crippen LogP contribution is 2.26. The predicted octanol–water partition coefficient (Wildman–Crippen LogP) is 1.92. The van der Waals surface area contributed by atoms with E-state index >= 15 is 0 Å². The fraction of sp³-hybridized carbons (Fsp3) is 0.182. The molecule has 2 aromatic heterocycles. The van der Waals surface area contributed by atoms with Crippen LogP contribution in [0.5, 0.6) is 0 Å². The van der Waals surface area contributed by atoms with Crippen LogP contribution in [0.4, 0.5) is 5.13 Å². The Bertz CT molecular complexity index is 680. The number of hydrogen-bond donors (Lipinski definition) is 1. The van der Waals surface area contributed by atoms with Gasteiger partial charge in [0, 0.05) is 18.0 Å². The van der Waals surface area contributed by atoms with Crippen LogP contribution in [0.25, 0.3) is 10.6 Å². The van der Waals surface area contributed by atoms with E-state index < -0.39 is 10.0 Å². The molecular formula is C11H12N4O2S2. The lowest BCUT2D eigenvalue weighted by Gasteiger charge is -2.02. The zero-order valence-corrected chi connectivity index (χ0v) is 11.8. The van der Waals surface area contributed by atoms with Gasteiger partial charge in [-0.25, -0.2) is 8.42 Å². The van der Waals surface area contributed by atoms with E-state index in [1.165, 1.54) is 11.3 Å². The Hall–Kier alpha value is -1.80. The van der Waals surface area contributed by atoms with E-state index in [0.29, 0.717) is 10.6 Å². The van der Waals surface area contributed by atoms with Crippen LogP contribution >= 0.6 is 11.3 Å². The summed E-state index contributed by atoms with van der Waals surface area (Å²) in [5.74, 6) is -0.128. The van der Waals surface area contributed by atoms with Crippen LogP contribution < -0.4 is 4.72 Å². The zero-order valence-electron chi connectivity index (χ0n) is 10.2. The molecule has 6 nitrogen and oxygen atoms in total. The standard InChI is InChI=1S/C11H12N4O2S2/c1-8(2)7-19(16,17)15-11-14-13-10(18-11)9-3-5-12-6-4-9/h3-6H,1,7H2,2H3,(H,14,15). The third kappa shape index (κ3) is 3.83. The van der Waals surface area contributed by atoms with Crippen LogP contribution in [0.3, 0.4) is 0 Å². The molecule has 1 N–H and O–H groups in total. The fourth-order valence-corrected chi connectivity index (χ4v) is 3.54. The zero-order chi connectivity index (χ0) is 13.9. The first-order chi connectivity index (χ1) is 8.96. The summed E-state index contributed by atoms with van der Waals surface area (Å²) in [5, 5.41) is 8.63. The number of rotatable bonds is 5. The highest BCUT2D eigenvalue weighted by molar-refractivity contribution is 7.93. The first-order valence-electron chi connectivity index (χ1n) is 5.35. The molecule has 0 aliphatic rings. The third-order valence-corrected chi connectivity index (χ3v) is 4.43. The van der Waals surface area contributed by atoms with Gasteiger partial charge in [-0.15, -0.1) is 10.2 Å². The van der Waals surface area contributed by atoms with Gasteiger partial charge in [-0.05, 0) is 19.1 Å². The van der Waals surface area contributed by atoms with Gasteiger partial charge in [-0.2, -0.15) is 0 Å². The average Bonchev–Trinajstić information content (AvgIpc) is 2.76. The molecule has 0 radical (unpaired) electrons. The summed E-state index contributed by atoms with van der Waals surface area (Å²) in [6, 6.07) is 3.57. The Balaban J connectivity index is 2.17. The second-order valence-corrected chi connectivity index (χ2v) is 6.67. The molecule has 2 aromatic rings. The van der Waals surface area contributed by atoms with Crippen LogP contribution in [0.15, 0.2) is 36.7 Å². The van der Waals surface area contributed by atoms with Crippen molar-refractivity contribution in [3.8, 4) is 10.6 Å². The largest absolute Gasteiger partial charge is 0.265 e. The molecule has 0 saturated heterocycles. The Labute approximate surface area is 115 Å². The van der Waals surface area contributed by atoms with Crippen molar-refractivity contribution in [3.05, 3.63) is 36.7 Å². The number of aromatic nitrogens is 3. The van der Waals surface area contributed by atoms with Crippen LogP contribution in [0, 0.1) is 0 Å². The molecule has 0 aliphatic heterocycles. The molecule has 100 valence electrons. The van der Waals surface area contributed by atoms with Crippen LogP contribution in [-0.2, 0) is 10.0 Å². The molecule has 0 atom stereocenters. The summed E-state index contributed by atoms with van der Waals surface area (Å²) in [6.07, 6.45) is 3.28. The van der Waals surface area contributed by atoms with Gasteiger partial charge >= 0.3 is 0 Å². The van der Waals surface area contributed by atoms with E-state index in [9.17, 15) is 8.42 Å².